The monoisotopic (exact) mass is 168 g/mol. The van der Waals surface area contributed by atoms with Gasteiger partial charge in [-0.2, -0.15) is 0 Å². The summed E-state index contributed by atoms with van der Waals surface area (Å²) < 4.78 is 0. The maximum atomic E-state index is 9.27. The third-order valence-corrected chi connectivity index (χ3v) is 2.87. The minimum Gasteiger partial charge on any atom is -0.389 e. The van der Waals surface area contributed by atoms with Gasteiger partial charge in [-0.05, 0) is 18.8 Å². The molecule has 1 aliphatic rings. The van der Waals surface area contributed by atoms with Gasteiger partial charge in [0.2, 0.25) is 0 Å². The van der Waals surface area contributed by atoms with Crippen molar-refractivity contribution in [2.24, 2.45) is 5.92 Å². The summed E-state index contributed by atoms with van der Waals surface area (Å²) in [5, 5.41) is 9.27. The van der Waals surface area contributed by atoms with Crippen molar-refractivity contribution in [2.75, 3.05) is 0 Å². The van der Waals surface area contributed by atoms with Crippen LogP contribution in [0.15, 0.2) is 12.7 Å². The molecule has 1 rings (SSSR count). The van der Waals surface area contributed by atoms with Crippen LogP contribution < -0.4 is 0 Å². The summed E-state index contributed by atoms with van der Waals surface area (Å²) in [7, 11) is 0. The van der Waals surface area contributed by atoms with E-state index in [0.717, 1.165) is 12.3 Å². The molecule has 70 valence electrons. The molecule has 0 aliphatic heterocycles. The number of rotatable bonds is 4. The summed E-state index contributed by atoms with van der Waals surface area (Å²) in [6.45, 7) is 3.57. The molecule has 0 bridgehead atoms. The van der Waals surface area contributed by atoms with E-state index in [1.54, 1.807) is 6.08 Å². The lowest BCUT2D eigenvalue weighted by atomic mass is 9.85. The molecule has 0 heterocycles. The summed E-state index contributed by atoms with van der Waals surface area (Å²) in [5.74, 6) is 0.883. The molecule has 0 saturated heterocycles. The van der Waals surface area contributed by atoms with E-state index in [2.05, 4.69) is 6.58 Å². The van der Waals surface area contributed by atoms with Crippen LogP contribution in [0.4, 0.5) is 0 Å². The number of hydrogen-bond donors (Lipinski definition) is 1. The zero-order chi connectivity index (χ0) is 8.81. The molecular formula is C11H20O. The second kappa shape index (κ2) is 5.36. The minimum atomic E-state index is -0.271. The van der Waals surface area contributed by atoms with E-state index in [-0.39, 0.29) is 6.10 Å². The van der Waals surface area contributed by atoms with Crippen molar-refractivity contribution in [3.8, 4) is 0 Å². The van der Waals surface area contributed by atoms with Gasteiger partial charge in [0.15, 0.2) is 0 Å². The van der Waals surface area contributed by atoms with Crippen molar-refractivity contribution in [1.29, 1.82) is 0 Å². The van der Waals surface area contributed by atoms with E-state index < -0.39 is 0 Å². The van der Waals surface area contributed by atoms with E-state index in [9.17, 15) is 5.11 Å². The van der Waals surface area contributed by atoms with Crippen molar-refractivity contribution < 1.29 is 5.11 Å². The predicted molar refractivity (Wildman–Crippen MR) is 52.0 cm³/mol. The molecule has 1 N–H and O–H groups in total. The van der Waals surface area contributed by atoms with Crippen molar-refractivity contribution in [3.63, 3.8) is 0 Å². The Bertz CT molecular complexity index is 125. The standard InChI is InChI=1S/C11H20O/c1-2-11(12)9-8-10-6-4-3-5-7-10/h2,10-12H,1,3-9H2/t11-/m0/s1. The molecule has 1 aliphatic carbocycles. The molecule has 1 fully saturated rings. The van der Waals surface area contributed by atoms with Crippen molar-refractivity contribution in [1.82, 2.24) is 0 Å². The molecule has 0 radical (unpaired) electrons. The fraction of sp³-hybridized carbons (Fsp3) is 0.818. The van der Waals surface area contributed by atoms with Gasteiger partial charge in [-0.1, -0.05) is 38.2 Å². The highest BCUT2D eigenvalue weighted by atomic mass is 16.3. The highest BCUT2D eigenvalue weighted by molar-refractivity contribution is 4.79. The Morgan fingerprint density at radius 3 is 2.58 bits per heavy atom. The first-order valence-corrected chi connectivity index (χ1v) is 5.13. The summed E-state index contributed by atoms with van der Waals surface area (Å²) in [5.41, 5.74) is 0. The average Bonchev–Trinajstić information content (AvgIpc) is 2.16. The summed E-state index contributed by atoms with van der Waals surface area (Å²) in [6.07, 6.45) is 10.4. The minimum absolute atomic E-state index is 0.271. The second-order valence-electron chi connectivity index (χ2n) is 3.88. The van der Waals surface area contributed by atoms with Gasteiger partial charge in [-0.15, -0.1) is 6.58 Å². The van der Waals surface area contributed by atoms with Crippen LogP contribution in [-0.2, 0) is 0 Å². The molecule has 0 spiro atoms. The topological polar surface area (TPSA) is 20.2 Å². The van der Waals surface area contributed by atoms with Gasteiger partial charge < -0.3 is 5.11 Å². The zero-order valence-corrected chi connectivity index (χ0v) is 7.84. The molecule has 0 unspecified atom stereocenters. The van der Waals surface area contributed by atoms with Crippen LogP contribution >= 0.6 is 0 Å². The van der Waals surface area contributed by atoms with Crippen LogP contribution in [0.5, 0.6) is 0 Å². The molecule has 1 saturated carbocycles. The van der Waals surface area contributed by atoms with Crippen molar-refractivity contribution in [3.05, 3.63) is 12.7 Å². The van der Waals surface area contributed by atoms with Crippen LogP contribution in [0.2, 0.25) is 0 Å². The SMILES string of the molecule is C=C[C@H](O)CCC1CCCCC1. The van der Waals surface area contributed by atoms with Gasteiger partial charge in [0, 0.05) is 0 Å². The third kappa shape index (κ3) is 3.40. The maximum absolute atomic E-state index is 9.27. The second-order valence-corrected chi connectivity index (χ2v) is 3.88. The Hall–Kier alpha value is -0.300. The van der Waals surface area contributed by atoms with E-state index in [4.69, 9.17) is 0 Å². The maximum Gasteiger partial charge on any atom is 0.0718 e. The predicted octanol–water partition coefficient (Wildman–Crippen LogP) is 2.89. The quantitative estimate of drug-likeness (QED) is 0.640. The smallest absolute Gasteiger partial charge is 0.0718 e. The Kier molecular flexibility index (Phi) is 4.37. The Morgan fingerprint density at radius 1 is 1.33 bits per heavy atom. The number of hydrogen-bond acceptors (Lipinski definition) is 1. The van der Waals surface area contributed by atoms with E-state index >= 15 is 0 Å². The molecule has 0 aromatic carbocycles. The molecule has 0 aromatic rings. The van der Waals surface area contributed by atoms with Gasteiger partial charge >= 0.3 is 0 Å². The zero-order valence-electron chi connectivity index (χ0n) is 7.84. The average molecular weight is 168 g/mol. The highest BCUT2D eigenvalue weighted by Gasteiger charge is 2.13. The summed E-state index contributed by atoms with van der Waals surface area (Å²) in [4.78, 5) is 0. The molecule has 1 atom stereocenters. The Balaban J connectivity index is 2.08. The normalized spacial score (nSPS) is 22.1. The molecule has 12 heavy (non-hydrogen) atoms. The third-order valence-electron chi connectivity index (χ3n) is 2.87. The van der Waals surface area contributed by atoms with Crippen molar-refractivity contribution in [2.45, 2.75) is 51.0 Å². The van der Waals surface area contributed by atoms with E-state index in [0.29, 0.717) is 0 Å². The number of aliphatic hydroxyl groups is 1. The van der Waals surface area contributed by atoms with Gasteiger partial charge in [-0.3, -0.25) is 0 Å². The van der Waals surface area contributed by atoms with Crippen LogP contribution in [0.1, 0.15) is 44.9 Å². The summed E-state index contributed by atoms with van der Waals surface area (Å²) >= 11 is 0. The molecule has 0 amide bonds. The lowest BCUT2D eigenvalue weighted by Gasteiger charge is -2.21. The largest absolute Gasteiger partial charge is 0.389 e. The first-order chi connectivity index (χ1) is 5.83. The first-order valence-electron chi connectivity index (χ1n) is 5.13. The van der Waals surface area contributed by atoms with Crippen LogP contribution in [0, 0.1) is 5.92 Å². The first kappa shape index (κ1) is 9.79. The van der Waals surface area contributed by atoms with Gasteiger partial charge in [0.05, 0.1) is 6.10 Å². The molecular weight excluding hydrogens is 148 g/mol. The van der Waals surface area contributed by atoms with Crippen molar-refractivity contribution >= 4 is 0 Å². The summed E-state index contributed by atoms with van der Waals surface area (Å²) in [6, 6.07) is 0. The van der Waals surface area contributed by atoms with E-state index in [1.807, 2.05) is 0 Å². The Labute approximate surface area is 75.5 Å². The molecule has 1 nitrogen and oxygen atoms in total. The lowest BCUT2D eigenvalue weighted by molar-refractivity contribution is 0.192. The van der Waals surface area contributed by atoms with Gasteiger partial charge in [0.25, 0.3) is 0 Å². The number of aliphatic hydroxyl groups excluding tert-OH is 1. The van der Waals surface area contributed by atoms with Gasteiger partial charge in [-0.25, -0.2) is 0 Å². The fourth-order valence-corrected chi connectivity index (χ4v) is 2.00. The molecule has 1 heteroatoms. The molecule has 0 aromatic heterocycles. The lowest BCUT2D eigenvalue weighted by Crippen LogP contribution is -2.10. The van der Waals surface area contributed by atoms with Crippen LogP contribution in [0.3, 0.4) is 0 Å². The van der Waals surface area contributed by atoms with Crippen LogP contribution in [-0.4, -0.2) is 11.2 Å². The van der Waals surface area contributed by atoms with Crippen LogP contribution in [0.25, 0.3) is 0 Å². The highest BCUT2D eigenvalue weighted by Crippen LogP contribution is 2.27. The Morgan fingerprint density at radius 2 is 2.00 bits per heavy atom. The fourth-order valence-electron chi connectivity index (χ4n) is 2.00. The van der Waals surface area contributed by atoms with E-state index in [1.165, 1.54) is 38.5 Å². The van der Waals surface area contributed by atoms with Gasteiger partial charge in [0.1, 0.15) is 0 Å².